The first-order valence-corrected chi connectivity index (χ1v) is 3.48. The molecule has 0 amide bonds. The quantitative estimate of drug-likeness (QED) is 0.396. The van der Waals surface area contributed by atoms with Crippen LogP contribution in [0, 0.1) is 0 Å². The Labute approximate surface area is 71.6 Å². The molecule has 0 radical (unpaired) electrons. The van der Waals surface area contributed by atoms with Gasteiger partial charge in [0.1, 0.15) is 0 Å². The molecular weight excluding hydrogens is 158 g/mol. The molecule has 4 nitrogen and oxygen atoms in total. The van der Waals surface area contributed by atoms with E-state index in [0.717, 1.165) is 6.42 Å². The topological polar surface area (TPSA) is 66.7 Å². The summed E-state index contributed by atoms with van der Waals surface area (Å²) in [6.07, 6.45) is 2.37. The van der Waals surface area contributed by atoms with Crippen LogP contribution in [0.1, 0.15) is 20.3 Å². The maximum atomic E-state index is 9.60. The van der Waals surface area contributed by atoms with Gasteiger partial charge in [-0.1, -0.05) is 13.5 Å². The fourth-order valence-corrected chi connectivity index (χ4v) is 0.157. The molecule has 0 spiro atoms. The lowest BCUT2D eigenvalue weighted by Gasteiger charge is -1.79. The van der Waals surface area contributed by atoms with Gasteiger partial charge in [0.15, 0.2) is 0 Å². The minimum Gasteiger partial charge on any atom is -0.478 e. The second-order valence-electron chi connectivity index (χ2n) is 2.06. The van der Waals surface area contributed by atoms with Gasteiger partial charge in [0.25, 0.3) is 0 Å². The molecule has 4 heteroatoms. The van der Waals surface area contributed by atoms with Gasteiger partial charge >= 0.3 is 5.97 Å². The number of carboxylic acids is 1. The van der Waals surface area contributed by atoms with Gasteiger partial charge in [-0.25, -0.2) is 14.6 Å². The zero-order valence-corrected chi connectivity index (χ0v) is 7.33. The number of aliphatic carboxylic acids is 1. The highest BCUT2D eigenvalue weighted by Crippen LogP contribution is 1.81. The molecule has 0 aliphatic heterocycles. The summed E-state index contributed by atoms with van der Waals surface area (Å²) in [7, 11) is 0. The van der Waals surface area contributed by atoms with Crippen molar-refractivity contribution in [2.45, 2.75) is 20.3 Å². The van der Waals surface area contributed by atoms with E-state index in [-0.39, 0.29) is 5.57 Å². The summed E-state index contributed by atoms with van der Waals surface area (Å²) >= 11 is 0. The first-order valence-electron chi connectivity index (χ1n) is 3.48. The van der Waals surface area contributed by atoms with E-state index in [0.29, 0.717) is 6.54 Å². The van der Waals surface area contributed by atoms with E-state index in [9.17, 15) is 9.59 Å². The van der Waals surface area contributed by atoms with Crippen molar-refractivity contribution in [3.05, 3.63) is 12.2 Å². The third kappa shape index (κ3) is 15.8. The van der Waals surface area contributed by atoms with Crippen LogP contribution in [0.4, 0.5) is 0 Å². The maximum absolute atomic E-state index is 9.60. The molecule has 0 heterocycles. The Morgan fingerprint density at radius 3 is 2.17 bits per heavy atom. The fraction of sp³-hybridized carbons (Fsp3) is 0.500. The van der Waals surface area contributed by atoms with Crippen molar-refractivity contribution >= 4 is 12.0 Å². The zero-order chi connectivity index (χ0) is 9.98. The molecule has 1 N–H and O–H groups in total. The number of carboxylic acid groups (broad SMARTS) is 1. The molecule has 0 aliphatic rings. The van der Waals surface area contributed by atoms with E-state index in [2.05, 4.69) is 11.6 Å². The lowest BCUT2D eigenvalue weighted by atomic mass is 10.4. The lowest BCUT2D eigenvalue weighted by Crippen LogP contribution is -1.92. The molecule has 0 saturated heterocycles. The van der Waals surface area contributed by atoms with E-state index in [1.165, 1.54) is 13.0 Å². The standard InChI is InChI=1S/C4H7NO.C4H6O2/c1-2-3-5-4-6;1-3(2)4(5)6/h2-3H2,1H3;1H2,2H3,(H,5,6). The summed E-state index contributed by atoms with van der Waals surface area (Å²) in [6.45, 7) is 7.18. The van der Waals surface area contributed by atoms with Gasteiger partial charge in [-0.05, 0) is 13.3 Å². The van der Waals surface area contributed by atoms with Crippen molar-refractivity contribution in [2.75, 3.05) is 6.54 Å². The van der Waals surface area contributed by atoms with Gasteiger partial charge in [0, 0.05) is 5.57 Å². The zero-order valence-electron chi connectivity index (χ0n) is 7.33. The van der Waals surface area contributed by atoms with Crippen molar-refractivity contribution in [3.63, 3.8) is 0 Å². The first kappa shape index (κ1) is 13.2. The van der Waals surface area contributed by atoms with Crippen molar-refractivity contribution in [1.29, 1.82) is 0 Å². The summed E-state index contributed by atoms with van der Waals surface area (Å²) in [5.41, 5.74) is 0.176. The minimum absolute atomic E-state index is 0.176. The van der Waals surface area contributed by atoms with E-state index < -0.39 is 5.97 Å². The Hall–Kier alpha value is -1.41. The number of aliphatic imine (C=N–C) groups is 1. The molecule has 0 fully saturated rings. The second-order valence-corrected chi connectivity index (χ2v) is 2.06. The molecule has 12 heavy (non-hydrogen) atoms. The summed E-state index contributed by atoms with van der Waals surface area (Å²) in [5.74, 6) is -0.935. The Morgan fingerprint density at radius 1 is 1.67 bits per heavy atom. The Balaban J connectivity index is 0. The second kappa shape index (κ2) is 9.59. The van der Waals surface area contributed by atoms with Crippen LogP contribution in [-0.4, -0.2) is 23.7 Å². The molecule has 0 bridgehead atoms. The van der Waals surface area contributed by atoms with Gasteiger partial charge in [-0.2, -0.15) is 0 Å². The number of nitrogens with zero attached hydrogens (tertiary/aromatic N) is 1. The summed E-state index contributed by atoms with van der Waals surface area (Å²) in [4.78, 5) is 22.2. The molecular formula is C8H13NO3. The van der Waals surface area contributed by atoms with Crippen LogP contribution in [0.5, 0.6) is 0 Å². The summed E-state index contributed by atoms with van der Waals surface area (Å²) in [5, 5.41) is 7.89. The van der Waals surface area contributed by atoms with Crippen molar-refractivity contribution in [3.8, 4) is 0 Å². The molecule has 0 atom stereocenters. The van der Waals surface area contributed by atoms with Crippen LogP contribution < -0.4 is 0 Å². The largest absolute Gasteiger partial charge is 0.478 e. The minimum atomic E-state index is -0.935. The van der Waals surface area contributed by atoms with Gasteiger partial charge in [0.05, 0.1) is 6.54 Å². The molecule has 0 saturated carbocycles. The average molecular weight is 171 g/mol. The summed E-state index contributed by atoms with van der Waals surface area (Å²) in [6, 6.07) is 0. The molecule has 0 aliphatic carbocycles. The van der Waals surface area contributed by atoms with Crippen LogP contribution in [0.25, 0.3) is 0 Å². The smallest absolute Gasteiger partial charge is 0.330 e. The Bertz CT molecular complexity index is 180. The lowest BCUT2D eigenvalue weighted by molar-refractivity contribution is -0.132. The highest BCUT2D eigenvalue weighted by atomic mass is 16.4. The average Bonchev–Trinajstić information content (AvgIpc) is 2.02. The van der Waals surface area contributed by atoms with Crippen molar-refractivity contribution in [2.24, 2.45) is 4.99 Å². The SMILES string of the molecule is C=C(C)C(=O)O.CCCN=C=O. The molecule has 0 aromatic rings. The van der Waals surface area contributed by atoms with Crippen LogP contribution in [-0.2, 0) is 9.59 Å². The highest BCUT2D eigenvalue weighted by Gasteiger charge is 1.90. The van der Waals surface area contributed by atoms with E-state index in [4.69, 9.17) is 5.11 Å². The number of carbonyl (C=O) groups excluding carboxylic acids is 1. The van der Waals surface area contributed by atoms with Crippen LogP contribution >= 0.6 is 0 Å². The maximum Gasteiger partial charge on any atom is 0.330 e. The molecule has 0 rings (SSSR count). The van der Waals surface area contributed by atoms with Gasteiger partial charge in [-0.3, -0.25) is 0 Å². The number of carbonyl (C=O) groups is 1. The normalized spacial score (nSPS) is 7.17. The van der Waals surface area contributed by atoms with E-state index in [1.54, 1.807) is 0 Å². The van der Waals surface area contributed by atoms with Gasteiger partial charge < -0.3 is 5.11 Å². The van der Waals surface area contributed by atoms with Crippen LogP contribution in [0.3, 0.4) is 0 Å². The van der Waals surface area contributed by atoms with Gasteiger partial charge in [-0.15, -0.1) is 0 Å². The molecule has 0 aromatic carbocycles. The molecule has 0 aromatic heterocycles. The third-order valence-corrected chi connectivity index (χ3v) is 0.765. The fourth-order valence-electron chi connectivity index (χ4n) is 0.157. The summed E-state index contributed by atoms with van der Waals surface area (Å²) < 4.78 is 0. The predicted octanol–water partition coefficient (Wildman–Crippen LogP) is 1.38. The number of hydrogen-bond donors (Lipinski definition) is 1. The number of rotatable bonds is 3. The van der Waals surface area contributed by atoms with Crippen molar-refractivity contribution < 1.29 is 14.7 Å². The van der Waals surface area contributed by atoms with Crippen LogP contribution in [0.15, 0.2) is 17.1 Å². The predicted molar refractivity (Wildman–Crippen MR) is 45.7 cm³/mol. The Morgan fingerprint density at radius 2 is 2.08 bits per heavy atom. The molecule has 68 valence electrons. The van der Waals surface area contributed by atoms with Crippen molar-refractivity contribution in [1.82, 2.24) is 0 Å². The monoisotopic (exact) mass is 171 g/mol. The van der Waals surface area contributed by atoms with E-state index in [1.807, 2.05) is 6.92 Å². The number of hydrogen-bond acceptors (Lipinski definition) is 3. The first-order chi connectivity index (χ1) is 5.56. The molecule has 0 unspecified atom stereocenters. The Kier molecular flexibility index (Phi) is 10.5. The third-order valence-electron chi connectivity index (χ3n) is 0.765. The van der Waals surface area contributed by atoms with Crippen LogP contribution in [0.2, 0.25) is 0 Å². The number of isocyanates is 1. The van der Waals surface area contributed by atoms with E-state index >= 15 is 0 Å². The van der Waals surface area contributed by atoms with Gasteiger partial charge in [0.2, 0.25) is 6.08 Å². The highest BCUT2D eigenvalue weighted by molar-refractivity contribution is 5.84.